The van der Waals surface area contributed by atoms with Crippen LogP contribution < -0.4 is 5.32 Å². The lowest BCUT2D eigenvalue weighted by molar-refractivity contribution is -0.0998. The summed E-state index contributed by atoms with van der Waals surface area (Å²) in [5, 5.41) is 13.2. The van der Waals surface area contributed by atoms with Gasteiger partial charge in [-0.25, -0.2) is 0 Å². The summed E-state index contributed by atoms with van der Waals surface area (Å²) in [5.74, 6) is 0. The topological polar surface area (TPSA) is 54.0 Å². The number of aliphatic hydroxyl groups is 1. The van der Waals surface area contributed by atoms with Crippen LogP contribution in [-0.2, 0) is 9.47 Å². The molecule has 17 heavy (non-hydrogen) atoms. The molecule has 1 unspecified atom stereocenters. The molecule has 0 bridgehead atoms. The van der Waals surface area contributed by atoms with Gasteiger partial charge >= 0.3 is 0 Å². The zero-order valence-electron chi connectivity index (χ0n) is 10.7. The molecule has 0 amide bonds. The summed E-state index contributed by atoms with van der Waals surface area (Å²) in [4.78, 5) is 2.25. The van der Waals surface area contributed by atoms with E-state index in [0.717, 1.165) is 52.6 Å². The Hall–Kier alpha value is -0.200. The van der Waals surface area contributed by atoms with E-state index in [0.29, 0.717) is 6.54 Å². The third kappa shape index (κ3) is 4.19. The van der Waals surface area contributed by atoms with E-state index in [4.69, 9.17) is 9.47 Å². The summed E-state index contributed by atoms with van der Waals surface area (Å²) in [6.07, 6.45) is -0.294. The molecule has 0 aliphatic carbocycles. The highest BCUT2D eigenvalue weighted by Crippen LogP contribution is 2.24. The predicted octanol–water partition coefficient (Wildman–Crippen LogP) is -0.694. The van der Waals surface area contributed by atoms with Gasteiger partial charge in [-0.15, -0.1) is 0 Å². The number of nitrogens with one attached hydrogen (secondary N) is 1. The molecule has 0 aromatic carbocycles. The molecule has 2 heterocycles. The summed E-state index contributed by atoms with van der Waals surface area (Å²) >= 11 is 0. The molecule has 1 atom stereocenters. The molecule has 2 saturated heterocycles. The van der Waals surface area contributed by atoms with Crippen LogP contribution in [0.15, 0.2) is 0 Å². The van der Waals surface area contributed by atoms with Crippen LogP contribution in [-0.4, -0.2) is 75.3 Å². The fourth-order valence-electron chi connectivity index (χ4n) is 2.24. The molecule has 5 nitrogen and oxygen atoms in total. The van der Waals surface area contributed by atoms with Crippen molar-refractivity contribution in [3.63, 3.8) is 0 Å². The molecular weight excluding hydrogens is 220 g/mol. The number of nitrogens with zero attached hydrogens (tertiary/aromatic N) is 1. The van der Waals surface area contributed by atoms with Crippen molar-refractivity contribution in [2.24, 2.45) is 5.41 Å². The Labute approximate surface area is 103 Å². The number of β-amino-alcohol motifs (C(OH)–C–C–N with tert-alkyl or cyclic N) is 1. The zero-order chi connectivity index (χ0) is 12.1. The quantitative estimate of drug-likeness (QED) is 0.647. The highest BCUT2D eigenvalue weighted by Gasteiger charge is 2.32. The van der Waals surface area contributed by atoms with Crippen molar-refractivity contribution in [2.45, 2.75) is 13.0 Å². The Kier molecular flexibility index (Phi) is 4.76. The minimum absolute atomic E-state index is 0.276. The Balaban J connectivity index is 1.55. The molecule has 5 heteroatoms. The molecule has 2 aliphatic rings. The Bertz CT molecular complexity index is 228. The van der Waals surface area contributed by atoms with Gasteiger partial charge in [0.2, 0.25) is 0 Å². The van der Waals surface area contributed by atoms with Crippen molar-refractivity contribution in [3.05, 3.63) is 0 Å². The van der Waals surface area contributed by atoms with E-state index in [1.54, 1.807) is 0 Å². The minimum atomic E-state index is -0.294. The van der Waals surface area contributed by atoms with Crippen LogP contribution in [0.1, 0.15) is 6.92 Å². The van der Waals surface area contributed by atoms with E-state index in [-0.39, 0.29) is 11.5 Å². The zero-order valence-corrected chi connectivity index (χ0v) is 10.7. The normalized spacial score (nSPS) is 26.5. The largest absolute Gasteiger partial charge is 0.390 e. The average Bonchev–Trinajstić information content (AvgIpc) is 2.28. The van der Waals surface area contributed by atoms with E-state index < -0.39 is 0 Å². The molecule has 100 valence electrons. The van der Waals surface area contributed by atoms with Gasteiger partial charge in [-0.1, -0.05) is 6.92 Å². The molecule has 0 radical (unpaired) electrons. The van der Waals surface area contributed by atoms with Crippen molar-refractivity contribution in [2.75, 3.05) is 59.2 Å². The van der Waals surface area contributed by atoms with Gasteiger partial charge in [0.25, 0.3) is 0 Å². The van der Waals surface area contributed by atoms with Gasteiger partial charge < -0.3 is 19.9 Å². The van der Waals surface area contributed by atoms with E-state index in [1.165, 1.54) is 0 Å². The van der Waals surface area contributed by atoms with Crippen LogP contribution in [0.25, 0.3) is 0 Å². The van der Waals surface area contributed by atoms with Crippen LogP contribution in [0.3, 0.4) is 0 Å². The van der Waals surface area contributed by atoms with Gasteiger partial charge in [-0.05, 0) is 0 Å². The Morgan fingerprint density at radius 3 is 2.59 bits per heavy atom. The van der Waals surface area contributed by atoms with Gasteiger partial charge in [-0.3, -0.25) is 4.90 Å². The molecule has 0 aromatic heterocycles. The molecule has 2 N–H and O–H groups in total. The summed E-state index contributed by atoms with van der Waals surface area (Å²) in [6.45, 7) is 9.64. The Morgan fingerprint density at radius 2 is 2.00 bits per heavy atom. The first kappa shape index (κ1) is 13.2. The van der Waals surface area contributed by atoms with E-state index >= 15 is 0 Å². The van der Waals surface area contributed by atoms with E-state index in [1.807, 2.05) is 0 Å². The first-order valence-electron chi connectivity index (χ1n) is 6.45. The predicted molar refractivity (Wildman–Crippen MR) is 65.1 cm³/mol. The van der Waals surface area contributed by atoms with Crippen LogP contribution in [0, 0.1) is 5.41 Å². The molecule has 0 spiro atoms. The monoisotopic (exact) mass is 244 g/mol. The molecule has 2 rings (SSSR count). The number of morpholine rings is 1. The van der Waals surface area contributed by atoms with Crippen LogP contribution in [0.2, 0.25) is 0 Å². The van der Waals surface area contributed by atoms with Crippen molar-refractivity contribution in [1.82, 2.24) is 10.2 Å². The lowest BCUT2D eigenvalue weighted by Gasteiger charge is -2.38. The van der Waals surface area contributed by atoms with Crippen LogP contribution in [0.5, 0.6) is 0 Å². The van der Waals surface area contributed by atoms with Crippen molar-refractivity contribution in [3.8, 4) is 0 Å². The number of hydrogen-bond donors (Lipinski definition) is 2. The second kappa shape index (κ2) is 6.11. The summed E-state index contributed by atoms with van der Waals surface area (Å²) in [5.41, 5.74) is 0.276. The molecule has 2 aliphatic heterocycles. The maximum atomic E-state index is 9.91. The molecule has 0 saturated carbocycles. The van der Waals surface area contributed by atoms with Gasteiger partial charge in [0.1, 0.15) is 0 Å². The maximum Gasteiger partial charge on any atom is 0.0791 e. The minimum Gasteiger partial charge on any atom is -0.390 e. The first-order chi connectivity index (χ1) is 8.18. The van der Waals surface area contributed by atoms with E-state index in [2.05, 4.69) is 17.1 Å². The molecule has 2 fully saturated rings. The van der Waals surface area contributed by atoms with Crippen molar-refractivity contribution < 1.29 is 14.6 Å². The van der Waals surface area contributed by atoms with Gasteiger partial charge in [0.05, 0.1) is 32.5 Å². The lowest BCUT2D eigenvalue weighted by Crippen LogP contribution is -2.50. The second-order valence-electron chi connectivity index (χ2n) is 5.50. The third-order valence-electron chi connectivity index (χ3n) is 3.41. The fourth-order valence-corrected chi connectivity index (χ4v) is 2.24. The molecule has 0 aromatic rings. The number of rotatable bonds is 6. The molecular formula is C12H24N2O3. The van der Waals surface area contributed by atoms with Crippen LogP contribution in [0.4, 0.5) is 0 Å². The number of ether oxygens (including phenoxy) is 2. The first-order valence-corrected chi connectivity index (χ1v) is 6.45. The summed E-state index contributed by atoms with van der Waals surface area (Å²) < 4.78 is 10.5. The highest BCUT2D eigenvalue weighted by atomic mass is 16.5. The van der Waals surface area contributed by atoms with E-state index in [9.17, 15) is 5.11 Å². The lowest BCUT2D eigenvalue weighted by atomic mass is 9.89. The summed E-state index contributed by atoms with van der Waals surface area (Å²) in [6, 6.07) is 0. The maximum absolute atomic E-state index is 9.91. The standard InChI is InChI=1S/C12H24N2O3/c1-12(9-17-10-12)8-13-6-11(15)7-14-2-4-16-5-3-14/h11,13,15H,2-10H2,1H3. The average molecular weight is 244 g/mol. The second-order valence-corrected chi connectivity index (χ2v) is 5.50. The Morgan fingerprint density at radius 1 is 1.29 bits per heavy atom. The SMILES string of the molecule is CC1(CNCC(O)CN2CCOCC2)COC1. The van der Waals surface area contributed by atoms with Crippen molar-refractivity contribution in [1.29, 1.82) is 0 Å². The third-order valence-corrected chi connectivity index (χ3v) is 3.41. The number of aliphatic hydroxyl groups excluding tert-OH is 1. The summed E-state index contributed by atoms with van der Waals surface area (Å²) in [7, 11) is 0. The van der Waals surface area contributed by atoms with Gasteiger partial charge in [-0.2, -0.15) is 0 Å². The smallest absolute Gasteiger partial charge is 0.0791 e. The fraction of sp³-hybridized carbons (Fsp3) is 1.00. The highest BCUT2D eigenvalue weighted by molar-refractivity contribution is 4.83. The van der Waals surface area contributed by atoms with Gasteiger partial charge in [0.15, 0.2) is 0 Å². The van der Waals surface area contributed by atoms with Crippen LogP contribution >= 0.6 is 0 Å². The van der Waals surface area contributed by atoms with Crippen molar-refractivity contribution >= 4 is 0 Å². The number of hydrogen-bond acceptors (Lipinski definition) is 5. The van der Waals surface area contributed by atoms with Gasteiger partial charge in [0, 0.05) is 38.1 Å².